The molecular weight excluding hydrogens is 514 g/mol. The predicted molar refractivity (Wildman–Crippen MR) is 139 cm³/mol. The smallest absolute Gasteiger partial charge is 0.310 e. The zero-order valence-corrected chi connectivity index (χ0v) is 23.0. The van der Waals surface area contributed by atoms with Gasteiger partial charge in [0.05, 0.1) is 23.1 Å². The Hall–Kier alpha value is -2.85. The monoisotopic (exact) mass is 549 g/mol. The second kappa shape index (κ2) is 11.5. The summed E-state index contributed by atoms with van der Waals surface area (Å²) in [4.78, 5) is 53.6. The first-order valence-electron chi connectivity index (χ1n) is 13.2. The molecule has 2 saturated heterocycles. The van der Waals surface area contributed by atoms with Gasteiger partial charge in [-0.25, -0.2) is 0 Å². The van der Waals surface area contributed by atoms with Gasteiger partial charge in [0.1, 0.15) is 23.9 Å². The van der Waals surface area contributed by atoms with Crippen molar-refractivity contribution in [1.29, 1.82) is 0 Å². The summed E-state index contributed by atoms with van der Waals surface area (Å²) in [6, 6.07) is 2.73. The van der Waals surface area contributed by atoms with Crippen molar-refractivity contribution in [3.8, 4) is 5.75 Å². The summed E-state index contributed by atoms with van der Waals surface area (Å²) in [5.41, 5.74) is -0.438. The van der Waals surface area contributed by atoms with Crippen LogP contribution in [0.2, 0.25) is 5.02 Å². The van der Waals surface area contributed by atoms with E-state index < -0.39 is 41.7 Å². The van der Waals surface area contributed by atoms with Crippen LogP contribution in [0.3, 0.4) is 0 Å². The van der Waals surface area contributed by atoms with Crippen LogP contribution in [0, 0.1) is 5.41 Å². The molecular formula is C27H36ClN3O7. The number of benzene rings is 1. The molecule has 1 saturated carbocycles. The van der Waals surface area contributed by atoms with Crippen LogP contribution in [0.15, 0.2) is 18.2 Å². The molecule has 2 N–H and O–H groups in total. The highest BCUT2D eigenvalue weighted by Gasteiger charge is 2.44. The summed E-state index contributed by atoms with van der Waals surface area (Å²) >= 11 is 6.49. The molecule has 10 nitrogen and oxygen atoms in total. The number of halogens is 1. The van der Waals surface area contributed by atoms with Gasteiger partial charge in [0.25, 0.3) is 5.91 Å². The standard InChI is InChI=1S/C27H36ClN3O7/c1-5-36-26-17(14-20(32)38-26)29-24(34)18-9-7-13-31(18)25(35)22(27(2,3)4)30-23(33)16-8-6-10-19(21(16)28)37-15-11-12-15/h6,8,10,15,17-18,22,26H,5,7,9,11-14H2,1-4H3,(H,29,34)(H,30,33)/t17-,18+,22-,26-/m1/s1. The highest BCUT2D eigenvalue weighted by Crippen LogP contribution is 2.34. The number of carbonyl (C=O) groups excluding carboxylic acids is 4. The third-order valence-electron chi connectivity index (χ3n) is 6.87. The Kier molecular flexibility index (Phi) is 8.52. The van der Waals surface area contributed by atoms with E-state index in [0.717, 1.165) is 12.8 Å². The molecule has 3 amide bonds. The van der Waals surface area contributed by atoms with Crippen molar-refractivity contribution in [3.63, 3.8) is 0 Å². The summed E-state index contributed by atoms with van der Waals surface area (Å²) < 4.78 is 16.4. The second-order valence-corrected chi connectivity index (χ2v) is 11.4. The maximum atomic E-state index is 13.8. The first-order chi connectivity index (χ1) is 18.0. The molecule has 2 heterocycles. The van der Waals surface area contributed by atoms with Gasteiger partial charge in [-0.15, -0.1) is 0 Å². The lowest BCUT2D eigenvalue weighted by Crippen LogP contribution is -2.58. The number of carbonyl (C=O) groups is 4. The number of cyclic esters (lactones) is 1. The Labute approximate surface area is 227 Å². The van der Waals surface area contributed by atoms with Crippen LogP contribution >= 0.6 is 11.6 Å². The molecule has 1 aromatic carbocycles. The molecule has 0 unspecified atom stereocenters. The average molecular weight is 550 g/mol. The highest BCUT2D eigenvalue weighted by molar-refractivity contribution is 6.35. The number of nitrogens with one attached hydrogen (secondary N) is 2. The van der Waals surface area contributed by atoms with E-state index in [1.54, 1.807) is 25.1 Å². The molecule has 208 valence electrons. The van der Waals surface area contributed by atoms with Gasteiger partial charge in [-0.1, -0.05) is 38.4 Å². The third kappa shape index (κ3) is 6.40. The summed E-state index contributed by atoms with van der Waals surface area (Å²) in [5, 5.41) is 5.89. The lowest BCUT2D eigenvalue weighted by molar-refractivity contribution is -0.164. The lowest BCUT2D eigenvalue weighted by Gasteiger charge is -2.35. The van der Waals surface area contributed by atoms with E-state index in [9.17, 15) is 19.2 Å². The zero-order valence-electron chi connectivity index (χ0n) is 22.3. The molecule has 0 radical (unpaired) electrons. The van der Waals surface area contributed by atoms with Crippen LogP contribution in [0.25, 0.3) is 0 Å². The zero-order chi connectivity index (χ0) is 27.6. The molecule has 0 spiro atoms. The number of ether oxygens (including phenoxy) is 3. The first-order valence-corrected chi connectivity index (χ1v) is 13.5. The minimum atomic E-state index is -0.917. The maximum Gasteiger partial charge on any atom is 0.310 e. The van der Waals surface area contributed by atoms with Crippen LogP contribution in [-0.2, 0) is 23.9 Å². The Morgan fingerprint density at radius 3 is 2.61 bits per heavy atom. The first kappa shape index (κ1) is 28.2. The van der Waals surface area contributed by atoms with Crippen LogP contribution in [0.1, 0.15) is 70.2 Å². The normalized spacial score (nSPS) is 24.1. The number of rotatable bonds is 9. The topological polar surface area (TPSA) is 123 Å². The molecule has 38 heavy (non-hydrogen) atoms. The van der Waals surface area contributed by atoms with Crippen molar-refractivity contribution in [2.75, 3.05) is 13.2 Å². The number of likely N-dealkylation sites (tertiary alicyclic amines) is 1. The number of hydrogen-bond donors (Lipinski definition) is 2. The second-order valence-electron chi connectivity index (χ2n) is 11.0. The highest BCUT2D eigenvalue weighted by atomic mass is 35.5. The molecule has 4 rings (SSSR count). The molecule has 0 bridgehead atoms. The maximum absolute atomic E-state index is 13.8. The predicted octanol–water partition coefficient (Wildman–Crippen LogP) is 2.81. The molecule has 11 heteroatoms. The lowest BCUT2D eigenvalue weighted by atomic mass is 9.85. The van der Waals surface area contributed by atoms with Gasteiger partial charge in [0.15, 0.2) is 0 Å². The van der Waals surface area contributed by atoms with E-state index in [1.807, 2.05) is 20.8 Å². The SMILES string of the molecule is CCO[C@@H]1OC(=O)C[C@H]1NC(=O)[C@@H]1CCCN1C(=O)[C@@H](NC(=O)c1cccc(OC2CC2)c1Cl)C(C)(C)C. The largest absolute Gasteiger partial charge is 0.489 e. The number of amides is 3. The van der Waals surface area contributed by atoms with Gasteiger partial charge >= 0.3 is 5.97 Å². The van der Waals surface area contributed by atoms with Crippen molar-refractivity contribution in [3.05, 3.63) is 28.8 Å². The van der Waals surface area contributed by atoms with Gasteiger partial charge in [-0.05, 0) is 50.2 Å². The van der Waals surface area contributed by atoms with E-state index in [2.05, 4.69) is 10.6 Å². The Balaban J connectivity index is 1.47. The Morgan fingerprint density at radius 2 is 1.95 bits per heavy atom. The van der Waals surface area contributed by atoms with Crippen molar-refractivity contribution >= 4 is 35.3 Å². The summed E-state index contributed by atoms with van der Waals surface area (Å²) in [6.45, 7) is 8.02. The van der Waals surface area contributed by atoms with Gasteiger partial charge in [-0.2, -0.15) is 0 Å². The van der Waals surface area contributed by atoms with Crippen LogP contribution in [-0.4, -0.2) is 72.3 Å². The molecule has 0 aromatic heterocycles. The summed E-state index contributed by atoms with van der Waals surface area (Å²) in [6.07, 6.45) is 2.27. The molecule has 3 fully saturated rings. The molecule has 4 atom stereocenters. The van der Waals surface area contributed by atoms with Gasteiger partial charge in [0.2, 0.25) is 18.1 Å². The van der Waals surface area contributed by atoms with Crippen molar-refractivity contribution in [2.24, 2.45) is 5.41 Å². The van der Waals surface area contributed by atoms with Crippen molar-refractivity contribution in [1.82, 2.24) is 15.5 Å². The fourth-order valence-corrected chi connectivity index (χ4v) is 4.97. The van der Waals surface area contributed by atoms with Crippen molar-refractivity contribution < 1.29 is 33.4 Å². The van der Waals surface area contributed by atoms with Crippen LogP contribution < -0.4 is 15.4 Å². The van der Waals surface area contributed by atoms with Crippen LogP contribution in [0.5, 0.6) is 5.75 Å². The fourth-order valence-electron chi connectivity index (χ4n) is 4.72. The van der Waals surface area contributed by atoms with Gasteiger partial charge in [-0.3, -0.25) is 19.2 Å². The average Bonchev–Trinajstić information content (AvgIpc) is 3.40. The minimum absolute atomic E-state index is 0.00201. The Bertz CT molecular complexity index is 1080. The molecule has 1 aromatic rings. The van der Waals surface area contributed by atoms with E-state index in [4.69, 9.17) is 25.8 Å². The van der Waals surface area contributed by atoms with Gasteiger partial charge in [0, 0.05) is 13.2 Å². The number of nitrogens with zero attached hydrogens (tertiary/aromatic N) is 1. The number of hydrogen-bond acceptors (Lipinski definition) is 7. The van der Waals surface area contributed by atoms with E-state index in [0.29, 0.717) is 31.7 Å². The minimum Gasteiger partial charge on any atom is -0.489 e. The van der Waals surface area contributed by atoms with Gasteiger partial charge < -0.3 is 29.7 Å². The quantitative estimate of drug-likeness (QED) is 0.454. The number of esters is 1. The van der Waals surface area contributed by atoms with Crippen molar-refractivity contribution in [2.45, 2.75) is 90.3 Å². The van der Waals surface area contributed by atoms with Crippen LogP contribution in [0.4, 0.5) is 0 Å². The molecule has 3 aliphatic rings. The Morgan fingerprint density at radius 1 is 1.21 bits per heavy atom. The van der Waals surface area contributed by atoms with E-state index in [1.165, 1.54) is 4.90 Å². The molecule has 2 aliphatic heterocycles. The third-order valence-corrected chi connectivity index (χ3v) is 7.26. The summed E-state index contributed by atoms with van der Waals surface area (Å²) in [7, 11) is 0. The van der Waals surface area contributed by atoms with E-state index >= 15 is 0 Å². The molecule has 1 aliphatic carbocycles. The van der Waals surface area contributed by atoms with E-state index in [-0.39, 0.29) is 34.9 Å². The fraction of sp³-hybridized carbons (Fsp3) is 0.630. The summed E-state index contributed by atoms with van der Waals surface area (Å²) in [5.74, 6) is -1.24.